The molecule has 0 amide bonds. The molecule has 0 saturated heterocycles. The number of thiazole rings is 1. The van der Waals surface area contributed by atoms with Crippen molar-refractivity contribution in [2.24, 2.45) is 0 Å². The van der Waals surface area contributed by atoms with Crippen molar-refractivity contribution >= 4 is 11.3 Å². The van der Waals surface area contributed by atoms with Crippen molar-refractivity contribution in [3.05, 3.63) is 52.0 Å². The smallest absolute Gasteiger partial charge is 0.0897 e. The van der Waals surface area contributed by atoms with Gasteiger partial charge in [-0.15, -0.1) is 11.3 Å². The lowest BCUT2D eigenvalue weighted by molar-refractivity contribution is 0.483. The molecule has 0 saturated carbocycles. The Morgan fingerprint density at radius 2 is 2.05 bits per heavy atom. The van der Waals surface area contributed by atoms with Crippen LogP contribution in [0.25, 0.3) is 0 Å². The molecule has 0 spiro atoms. The number of nitrogens with zero attached hydrogens (tertiary/aromatic N) is 1. The molecule has 3 heteroatoms. The second-order valence-corrected chi connectivity index (χ2v) is 6.23. The van der Waals surface area contributed by atoms with E-state index in [1.165, 1.54) is 30.5 Å². The highest BCUT2D eigenvalue weighted by Crippen LogP contribution is 2.19. The summed E-state index contributed by atoms with van der Waals surface area (Å²) in [6, 6.07) is 11.2. The Labute approximate surface area is 126 Å². The maximum absolute atomic E-state index is 4.52. The zero-order chi connectivity index (χ0) is 14.2. The summed E-state index contributed by atoms with van der Waals surface area (Å²) in [5.41, 5.74) is 2.61. The Bertz CT molecular complexity index is 493. The van der Waals surface area contributed by atoms with Crippen LogP contribution in [-0.4, -0.2) is 11.5 Å². The van der Waals surface area contributed by atoms with E-state index in [0.29, 0.717) is 6.04 Å². The van der Waals surface area contributed by atoms with Crippen molar-refractivity contribution < 1.29 is 0 Å². The molecule has 0 aliphatic heterocycles. The monoisotopic (exact) mass is 288 g/mol. The number of unbranched alkanes of at least 4 members (excludes halogenated alkanes) is 1. The van der Waals surface area contributed by atoms with Crippen molar-refractivity contribution in [1.82, 2.24) is 10.3 Å². The average molecular weight is 288 g/mol. The van der Waals surface area contributed by atoms with E-state index in [1.54, 1.807) is 11.3 Å². The molecule has 2 aromatic rings. The van der Waals surface area contributed by atoms with Crippen LogP contribution < -0.4 is 5.32 Å². The lowest BCUT2D eigenvalue weighted by Crippen LogP contribution is -2.23. The molecule has 1 N–H and O–H groups in total. The van der Waals surface area contributed by atoms with E-state index in [1.807, 2.05) is 0 Å². The van der Waals surface area contributed by atoms with Gasteiger partial charge in [0.1, 0.15) is 0 Å². The number of aromatic nitrogens is 1. The molecular weight excluding hydrogens is 264 g/mol. The van der Waals surface area contributed by atoms with E-state index >= 15 is 0 Å². The van der Waals surface area contributed by atoms with E-state index in [9.17, 15) is 0 Å². The number of nitrogens with one attached hydrogen (secondary N) is 1. The lowest BCUT2D eigenvalue weighted by atomic mass is 10.0. The summed E-state index contributed by atoms with van der Waals surface area (Å²) in [5.74, 6) is 0. The predicted octanol–water partition coefficient (Wildman–Crippen LogP) is 4.52. The maximum atomic E-state index is 4.52. The van der Waals surface area contributed by atoms with Crippen LogP contribution in [0.15, 0.2) is 35.7 Å². The first-order chi connectivity index (χ1) is 9.79. The number of hydrogen-bond acceptors (Lipinski definition) is 3. The Morgan fingerprint density at radius 1 is 1.25 bits per heavy atom. The standard InChI is InChI=1S/C17H24N2S/c1-3-4-10-17(15-8-6-5-7-9-15)18-12-11-16-13-20-14(2)19-16/h5-9,13,17-18H,3-4,10-12H2,1-2H3. The van der Waals surface area contributed by atoms with Gasteiger partial charge < -0.3 is 5.32 Å². The molecule has 1 aromatic heterocycles. The average Bonchev–Trinajstić information content (AvgIpc) is 2.89. The van der Waals surface area contributed by atoms with Crippen LogP contribution in [-0.2, 0) is 6.42 Å². The summed E-state index contributed by atoms with van der Waals surface area (Å²) in [6.45, 7) is 5.31. The van der Waals surface area contributed by atoms with Gasteiger partial charge in [-0.3, -0.25) is 0 Å². The summed E-state index contributed by atoms with van der Waals surface area (Å²) < 4.78 is 0. The second-order valence-electron chi connectivity index (χ2n) is 5.17. The van der Waals surface area contributed by atoms with Crippen LogP contribution in [0.1, 0.15) is 48.5 Å². The molecule has 0 aliphatic carbocycles. The SMILES string of the molecule is CCCCC(NCCc1csc(C)n1)c1ccccc1. The fourth-order valence-electron chi connectivity index (χ4n) is 2.38. The van der Waals surface area contributed by atoms with Crippen LogP contribution >= 0.6 is 11.3 Å². The predicted molar refractivity (Wildman–Crippen MR) is 87.3 cm³/mol. The molecule has 0 fully saturated rings. The van der Waals surface area contributed by atoms with Gasteiger partial charge in [0.2, 0.25) is 0 Å². The van der Waals surface area contributed by atoms with Crippen molar-refractivity contribution in [2.75, 3.05) is 6.54 Å². The van der Waals surface area contributed by atoms with Crippen molar-refractivity contribution in [2.45, 2.75) is 45.6 Å². The van der Waals surface area contributed by atoms with Gasteiger partial charge in [0, 0.05) is 24.4 Å². The number of rotatable bonds is 8. The third-order valence-electron chi connectivity index (χ3n) is 3.49. The van der Waals surface area contributed by atoms with Gasteiger partial charge in [-0.2, -0.15) is 0 Å². The Morgan fingerprint density at radius 3 is 2.70 bits per heavy atom. The lowest BCUT2D eigenvalue weighted by Gasteiger charge is -2.18. The highest BCUT2D eigenvalue weighted by molar-refractivity contribution is 7.09. The first-order valence-electron chi connectivity index (χ1n) is 7.49. The largest absolute Gasteiger partial charge is 0.310 e. The quantitative estimate of drug-likeness (QED) is 0.772. The normalized spacial score (nSPS) is 12.5. The Balaban J connectivity index is 1.87. The summed E-state index contributed by atoms with van der Waals surface area (Å²) in [6.07, 6.45) is 4.73. The Kier molecular flexibility index (Phi) is 6.22. The molecule has 1 unspecified atom stereocenters. The van der Waals surface area contributed by atoms with Crippen LogP contribution in [0.4, 0.5) is 0 Å². The van der Waals surface area contributed by atoms with Gasteiger partial charge in [0.05, 0.1) is 10.7 Å². The maximum Gasteiger partial charge on any atom is 0.0897 e. The first-order valence-corrected chi connectivity index (χ1v) is 8.37. The van der Waals surface area contributed by atoms with Crippen molar-refractivity contribution in [1.29, 1.82) is 0 Å². The first kappa shape index (κ1) is 15.2. The van der Waals surface area contributed by atoms with Gasteiger partial charge in [-0.25, -0.2) is 4.98 Å². The molecule has 1 aromatic carbocycles. The van der Waals surface area contributed by atoms with Gasteiger partial charge in [-0.05, 0) is 18.9 Å². The van der Waals surface area contributed by atoms with Crippen molar-refractivity contribution in [3.8, 4) is 0 Å². The van der Waals surface area contributed by atoms with Gasteiger partial charge >= 0.3 is 0 Å². The zero-order valence-corrected chi connectivity index (χ0v) is 13.2. The molecule has 0 aliphatic rings. The van der Waals surface area contributed by atoms with Crippen LogP contribution in [0.5, 0.6) is 0 Å². The minimum atomic E-state index is 0.468. The highest BCUT2D eigenvalue weighted by atomic mass is 32.1. The van der Waals surface area contributed by atoms with Gasteiger partial charge in [-0.1, -0.05) is 50.1 Å². The fourth-order valence-corrected chi connectivity index (χ4v) is 3.02. The molecule has 108 valence electrons. The molecule has 1 heterocycles. The minimum Gasteiger partial charge on any atom is -0.310 e. The molecule has 20 heavy (non-hydrogen) atoms. The van der Waals surface area contributed by atoms with Gasteiger partial charge in [0.15, 0.2) is 0 Å². The molecule has 0 bridgehead atoms. The number of benzene rings is 1. The third-order valence-corrected chi connectivity index (χ3v) is 4.31. The van der Waals surface area contributed by atoms with Crippen LogP contribution in [0.2, 0.25) is 0 Å². The summed E-state index contributed by atoms with van der Waals surface area (Å²) in [5, 5.41) is 7.02. The van der Waals surface area contributed by atoms with E-state index < -0.39 is 0 Å². The van der Waals surface area contributed by atoms with E-state index in [0.717, 1.165) is 18.0 Å². The highest BCUT2D eigenvalue weighted by Gasteiger charge is 2.10. The topological polar surface area (TPSA) is 24.9 Å². The molecule has 1 atom stereocenters. The fraction of sp³-hybridized carbons (Fsp3) is 0.471. The summed E-state index contributed by atoms with van der Waals surface area (Å²) in [4.78, 5) is 4.52. The van der Waals surface area contributed by atoms with Crippen LogP contribution in [0, 0.1) is 6.92 Å². The van der Waals surface area contributed by atoms with E-state index in [-0.39, 0.29) is 0 Å². The molecule has 2 rings (SSSR count). The van der Waals surface area contributed by atoms with E-state index in [4.69, 9.17) is 0 Å². The van der Waals surface area contributed by atoms with Crippen LogP contribution in [0.3, 0.4) is 0 Å². The van der Waals surface area contributed by atoms with E-state index in [2.05, 4.69) is 59.9 Å². The number of hydrogen-bond donors (Lipinski definition) is 1. The molecule has 0 radical (unpaired) electrons. The zero-order valence-electron chi connectivity index (χ0n) is 12.4. The number of aryl methyl sites for hydroxylation is 1. The van der Waals surface area contributed by atoms with Gasteiger partial charge in [0.25, 0.3) is 0 Å². The third kappa shape index (κ3) is 4.73. The molecular formula is C17H24N2S. The molecule has 2 nitrogen and oxygen atoms in total. The Hall–Kier alpha value is -1.19. The summed E-state index contributed by atoms with van der Waals surface area (Å²) >= 11 is 1.73. The second kappa shape index (κ2) is 8.18. The minimum absolute atomic E-state index is 0.468. The van der Waals surface area contributed by atoms with Crippen molar-refractivity contribution in [3.63, 3.8) is 0 Å². The summed E-state index contributed by atoms with van der Waals surface area (Å²) in [7, 11) is 0.